The number of fused-ring (bicyclic) bond motifs is 1. The van der Waals surface area contributed by atoms with Crippen molar-refractivity contribution >= 4 is 37.6 Å². The van der Waals surface area contributed by atoms with Crippen molar-refractivity contribution in [2.75, 3.05) is 43.2 Å². The third-order valence-corrected chi connectivity index (χ3v) is 7.28. The Morgan fingerprint density at radius 3 is 2.55 bits per heavy atom. The Hall–Kier alpha value is -3.29. The molecule has 1 amide bonds. The number of rotatable bonds is 5. The first-order chi connectivity index (χ1) is 18.1. The first kappa shape index (κ1) is 26.3. The number of carbonyl (C=O) groups excluding carboxylic acids is 1. The van der Waals surface area contributed by atoms with Crippen molar-refractivity contribution in [3.05, 3.63) is 53.5 Å². The van der Waals surface area contributed by atoms with Crippen LogP contribution < -0.4 is 15.1 Å². The highest BCUT2D eigenvalue weighted by Crippen LogP contribution is 2.33. The number of oxazole rings is 1. The Balaban J connectivity index is 1.57. The van der Waals surface area contributed by atoms with Gasteiger partial charge in [-0.15, -0.1) is 14.3 Å². The number of ether oxygens (including phenoxy) is 1. The van der Waals surface area contributed by atoms with Gasteiger partial charge in [0.25, 0.3) is 5.91 Å². The quantitative estimate of drug-likeness (QED) is 0.355. The van der Waals surface area contributed by atoms with Crippen molar-refractivity contribution in [1.82, 2.24) is 19.6 Å². The summed E-state index contributed by atoms with van der Waals surface area (Å²) in [6, 6.07) is 8.37. The Morgan fingerprint density at radius 2 is 1.89 bits per heavy atom. The van der Waals surface area contributed by atoms with E-state index in [0.717, 1.165) is 64.5 Å². The van der Waals surface area contributed by atoms with Gasteiger partial charge in [0.2, 0.25) is 11.7 Å². The summed E-state index contributed by atoms with van der Waals surface area (Å²) < 4.78 is 13.4. The zero-order valence-electron chi connectivity index (χ0n) is 22.9. The lowest BCUT2D eigenvalue weighted by molar-refractivity contribution is 0.0963. The third-order valence-electron chi connectivity index (χ3n) is 6.82. The number of carbonyl (C=O) groups is 1. The highest BCUT2D eigenvalue weighted by molar-refractivity contribution is 7.28. The maximum Gasteiger partial charge on any atom is 0.295 e. The minimum Gasteiger partial charge on any atom is -0.435 e. The zero-order chi connectivity index (χ0) is 27.2. The fraction of sp³-hybridized carbons (Fsp3) is 0.429. The fourth-order valence-corrected chi connectivity index (χ4v) is 5.18. The molecular formula is C28H35N6O3P. The molecule has 1 aromatic carbocycles. The number of pyridine rings is 1. The van der Waals surface area contributed by atoms with Crippen LogP contribution in [0.5, 0.6) is 0 Å². The monoisotopic (exact) mass is 534 g/mol. The van der Waals surface area contributed by atoms with Crippen LogP contribution >= 0.6 is 9.24 Å². The Kier molecular flexibility index (Phi) is 7.01. The van der Waals surface area contributed by atoms with E-state index < -0.39 is 0 Å². The second kappa shape index (κ2) is 10.1. The molecule has 0 N–H and O–H groups in total. The Labute approximate surface area is 225 Å². The minimum absolute atomic E-state index is 0.218. The van der Waals surface area contributed by atoms with Crippen LogP contribution in [0.25, 0.3) is 16.8 Å². The number of anilines is 2. The molecule has 0 aliphatic carbocycles. The van der Waals surface area contributed by atoms with Crippen molar-refractivity contribution in [2.24, 2.45) is 0 Å². The van der Waals surface area contributed by atoms with E-state index in [1.807, 2.05) is 25.3 Å². The van der Waals surface area contributed by atoms with E-state index >= 15 is 0 Å². The van der Waals surface area contributed by atoms with Crippen molar-refractivity contribution in [1.29, 1.82) is 0 Å². The van der Waals surface area contributed by atoms with E-state index in [1.165, 1.54) is 6.20 Å². The van der Waals surface area contributed by atoms with Gasteiger partial charge >= 0.3 is 0 Å². The summed E-state index contributed by atoms with van der Waals surface area (Å²) >= 11 is 0. The average Bonchev–Trinajstić information content (AvgIpc) is 3.55. The van der Waals surface area contributed by atoms with Gasteiger partial charge in [-0.3, -0.25) is 4.79 Å². The molecule has 200 valence electrons. The first-order valence-electron chi connectivity index (χ1n) is 12.9. The molecule has 0 radical (unpaired) electrons. The smallest absolute Gasteiger partial charge is 0.295 e. The number of benzene rings is 1. The molecule has 38 heavy (non-hydrogen) atoms. The number of hydrogen-bond donors (Lipinski definition) is 0. The number of nitrogens with zero attached hydrogens (tertiary/aromatic N) is 6. The van der Waals surface area contributed by atoms with Crippen LogP contribution in [0.3, 0.4) is 0 Å². The Morgan fingerprint density at radius 1 is 1.16 bits per heavy atom. The van der Waals surface area contributed by atoms with Crippen LogP contribution in [-0.2, 0) is 16.6 Å². The van der Waals surface area contributed by atoms with Crippen molar-refractivity contribution in [2.45, 2.75) is 46.5 Å². The normalized spacial score (nSPS) is 14.3. The summed E-state index contributed by atoms with van der Waals surface area (Å²) in [5.74, 6) is 2.30. The number of aryl methyl sites for hydroxylation is 2. The van der Waals surface area contributed by atoms with Gasteiger partial charge in [-0.2, -0.15) is 4.52 Å². The van der Waals surface area contributed by atoms with Gasteiger partial charge in [-0.25, -0.2) is 9.97 Å². The number of amides is 1. The highest BCUT2D eigenvalue weighted by Gasteiger charge is 2.26. The average molecular weight is 535 g/mol. The second-order valence-electron chi connectivity index (χ2n) is 10.7. The van der Waals surface area contributed by atoms with Crippen LogP contribution in [0.15, 0.2) is 34.9 Å². The lowest BCUT2D eigenvalue weighted by atomic mass is 9.97. The van der Waals surface area contributed by atoms with Crippen LogP contribution in [0.1, 0.15) is 55.5 Å². The van der Waals surface area contributed by atoms with Gasteiger partial charge in [0.05, 0.1) is 25.1 Å². The molecule has 9 nitrogen and oxygen atoms in total. The summed E-state index contributed by atoms with van der Waals surface area (Å²) in [7, 11) is 4.52. The van der Waals surface area contributed by atoms with Crippen LogP contribution in [0, 0.1) is 6.92 Å². The second-order valence-corrected chi connectivity index (χ2v) is 11.3. The topological polar surface area (TPSA) is 89.0 Å². The number of hydrogen-bond acceptors (Lipinski definition) is 7. The van der Waals surface area contributed by atoms with Gasteiger partial charge in [0.1, 0.15) is 5.82 Å². The molecule has 1 aliphatic heterocycles. The molecule has 0 spiro atoms. The zero-order valence-corrected chi connectivity index (χ0v) is 24.1. The van der Waals surface area contributed by atoms with Gasteiger partial charge < -0.3 is 19.0 Å². The van der Waals surface area contributed by atoms with Crippen molar-refractivity contribution in [3.8, 4) is 11.1 Å². The predicted octanol–water partition coefficient (Wildman–Crippen LogP) is 4.17. The first-order valence-corrected chi connectivity index (χ1v) is 13.5. The molecule has 1 atom stereocenters. The van der Waals surface area contributed by atoms with Crippen LogP contribution in [0.2, 0.25) is 0 Å². The van der Waals surface area contributed by atoms with E-state index in [0.29, 0.717) is 19.1 Å². The van der Waals surface area contributed by atoms with E-state index in [2.05, 4.69) is 57.2 Å². The molecule has 1 unspecified atom stereocenters. The molecule has 0 saturated carbocycles. The molecule has 10 heteroatoms. The van der Waals surface area contributed by atoms with Crippen LogP contribution in [0.4, 0.5) is 11.5 Å². The predicted molar refractivity (Wildman–Crippen MR) is 153 cm³/mol. The molecule has 4 heterocycles. The molecule has 1 aliphatic rings. The SMILES string of the molecule is CCc1nc2cc(-c3cc(N(C)C(=O)c4cnc(C(C)(C)C)o4)c(P)cc3C)cc(N3CCOCC3)n2n1. The van der Waals surface area contributed by atoms with Crippen molar-refractivity contribution in [3.63, 3.8) is 0 Å². The van der Waals surface area contributed by atoms with E-state index in [4.69, 9.17) is 19.2 Å². The van der Waals surface area contributed by atoms with E-state index in [-0.39, 0.29) is 17.1 Å². The molecule has 5 rings (SSSR count). The van der Waals surface area contributed by atoms with Gasteiger partial charge in [0, 0.05) is 32.0 Å². The summed E-state index contributed by atoms with van der Waals surface area (Å²) in [6.45, 7) is 13.1. The number of aromatic nitrogens is 4. The summed E-state index contributed by atoms with van der Waals surface area (Å²) in [6.07, 6.45) is 2.27. The molecule has 0 bridgehead atoms. The maximum atomic E-state index is 13.4. The molecular weight excluding hydrogens is 499 g/mol. The van der Waals surface area contributed by atoms with Gasteiger partial charge in [0.15, 0.2) is 11.5 Å². The molecule has 3 aromatic heterocycles. The number of morpholine rings is 1. The van der Waals surface area contributed by atoms with Crippen LogP contribution in [-0.4, -0.2) is 58.8 Å². The lowest BCUT2D eigenvalue weighted by Gasteiger charge is -2.29. The molecule has 1 fully saturated rings. The third kappa shape index (κ3) is 4.93. The molecule has 1 saturated heterocycles. The van der Waals surface area contributed by atoms with Crippen molar-refractivity contribution < 1.29 is 13.9 Å². The highest BCUT2D eigenvalue weighted by atomic mass is 31.0. The van der Waals surface area contributed by atoms with E-state index in [1.54, 1.807) is 11.9 Å². The molecule has 4 aromatic rings. The van der Waals surface area contributed by atoms with Gasteiger partial charge in [-0.05, 0) is 53.2 Å². The van der Waals surface area contributed by atoms with Gasteiger partial charge in [-0.1, -0.05) is 27.7 Å². The maximum absolute atomic E-state index is 13.4. The van der Waals surface area contributed by atoms with E-state index in [9.17, 15) is 4.79 Å². The summed E-state index contributed by atoms with van der Waals surface area (Å²) in [4.78, 5) is 26.4. The largest absolute Gasteiger partial charge is 0.435 e. The summed E-state index contributed by atoms with van der Waals surface area (Å²) in [5, 5.41) is 5.67. The Bertz CT molecular complexity index is 1500. The lowest BCUT2D eigenvalue weighted by Crippen LogP contribution is -2.37. The standard InChI is InChI=1S/C28H35N6O3P/c1-7-23-30-24-13-18(14-25(34(24)31-23)33-8-10-36-11-9-33)19-15-20(22(38)12-17(19)2)32(6)26(35)21-16-29-27(37-21)28(3,4)5/h12-16H,7-11,38H2,1-6H3. The fourth-order valence-electron chi connectivity index (χ4n) is 4.65. The minimum atomic E-state index is -0.282. The summed E-state index contributed by atoms with van der Waals surface area (Å²) in [5.41, 5.74) is 4.44.